The van der Waals surface area contributed by atoms with Crippen LogP contribution >= 0.6 is 24.0 Å². The van der Waals surface area contributed by atoms with Crippen LogP contribution in [0.5, 0.6) is 0 Å². The maximum atomic E-state index is 5.74. The third kappa shape index (κ3) is 7.81. The number of halogens is 1. The van der Waals surface area contributed by atoms with Crippen LogP contribution in [0.3, 0.4) is 0 Å². The fourth-order valence-electron chi connectivity index (χ4n) is 2.03. The molecule has 0 spiro atoms. The Morgan fingerprint density at radius 3 is 2.65 bits per heavy atom. The largest absolute Gasteiger partial charge is 0.370 e. The number of nitrogens with one attached hydrogen (secondary N) is 1. The second kappa shape index (κ2) is 9.94. The van der Waals surface area contributed by atoms with Gasteiger partial charge in [-0.05, 0) is 38.3 Å². The van der Waals surface area contributed by atoms with E-state index in [1.807, 2.05) is 0 Å². The van der Waals surface area contributed by atoms with Gasteiger partial charge in [-0.3, -0.25) is 4.99 Å². The lowest BCUT2D eigenvalue weighted by molar-refractivity contribution is 0.291. The van der Waals surface area contributed by atoms with E-state index in [1.54, 1.807) is 0 Å². The quantitative estimate of drug-likeness (QED) is 0.433. The summed E-state index contributed by atoms with van der Waals surface area (Å²) >= 11 is 0. The van der Waals surface area contributed by atoms with Crippen molar-refractivity contribution in [3.8, 4) is 0 Å². The molecule has 1 aliphatic heterocycles. The summed E-state index contributed by atoms with van der Waals surface area (Å²) in [5.41, 5.74) is 5.74. The average Bonchev–Trinajstić information content (AvgIpc) is 2.76. The normalized spacial score (nSPS) is 18.8. The van der Waals surface area contributed by atoms with Gasteiger partial charge < -0.3 is 16.0 Å². The number of hydrogen-bond donors (Lipinski definition) is 2. The Balaban J connectivity index is 0.00000256. The SMILES string of the molecule is CCCNC(N)=NCC(C)CN1CCCC1.I. The van der Waals surface area contributed by atoms with E-state index in [4.69, 9.17) is 5.73 Å². The standard InChI is InChI=1S/C12H26N4.HI/c1-3-6-14-12(13)15-9-11(2)10-16-7-4-5-8-16;/h11H,3-10H2,1-2H3,(H3,13,14,15);1H. The number of likely N-dealkylation sites (tertiary alicyclic amines) is 1. The van der Waals surface area contributed by atoms with Crippen LogP contribution in [0.4, 0.5) is 0 Å². The first-order chi connectivity index (χ1) is 7.72. The second-order valence-corrected chi connectivity index (χ2v) is 4.77. The molecule has 5 heteroatoms. The van der Waals surface area contributed by atoms with Crippen molar-refractivity contribution in [2.75, 3.05) is 32.7 Å². The molecule has 0 amide bonds. The Kier molecular flexibility index (Phi) is 9.91. The molecule has 1 rings (SSSR count). The molecule has 0 aliphatic carbocycles. The van der Waals surface area contributed by atoms with Crippen LogP contribution in [0.25, 0.3) is 0 Å². The van der Waals surface area contributed by atoms with Crippen LogP contribution in [0, 0.1) is 5.92 Å². The molecule has 0 aromatic rings. The number of aliphatic imine (C=N–C) groups is 1. The first kappa shape index (κ1) is 17.0. The first-order valence-electron chi connectivity index (χ1n) is 6.48. The van der Waals surface area contributed by atoms with Gasteiger partial charge in [0.25, 0.3) is 0 Å². The zero-order chi connectivity index (χ0) is 11.8. The molecular formula is C12H27IN4. The summed E-state index contributed by atoms with van der Waals surface area (Å²) in [6, 6.07) is 0. The van der Waals surface area contributed by atoms with Crippen molar-refractivity contribution in [3.63, 3.8) is 0 Å². The minimum Gasteiger partial charge on any atom is -0.370 e. The Morgan fingerprint density at radius 1 is 1.41 bits per heavy atom. The van der Waals surface area contributed by atoms with Crippen molar-refractivity contribution in [3.05, 3.63) is 0 Å². The van der Waals surface area contributed by atoms with Crippen LogP contribution in [0.1, 0.15) is 33.1 Å². The number of rotatable bonds is 6. The fourth-order valence-corrected chi connectivity index (χ4v) is 2.03. The van der Waals surface area contributed by atoms with E-state index >= 15 is 0 Å². The lowest BCUT2D eigenvalue weighted by Gasteiger charge is -2.18. The highest BCUT2D eigenvalue weighted by Gasteiger charge is 2.14. The van der Waals surface area contributed by atoms with Gasteiger partial charge in [0, 0.05) is 19.6 Å². The monoisotopic (exact) mass is 354 g/mol. The maximum absolute atomic E-state index is 5.74. The van der Waals surface area contributed by atoms with Crippen molar-refractivity contribution >= 4 is 29.9 Å². The van der Waals surface area contributed by atoms with Gasteiger partial charge in [0.1, 0.15) is 0 Å². The number of hydrogen-bond acceptors (Lipinski definition) is 2. The minimum atomic E-state index is 0. The van der Waals surface area contributed by atoms with Crippen LogP contribution < -0.4 is 11.1 Å². The van der Waals surface area contributed by atoms with Crippen LogP contribution in [-0.4, -0.2) is 43.6 Å². The molecule has 17 heavy (non-hydrogen) atoms. The highest BCUT2D eigenvalue weighted by Crippen LogP contribution is 2.10. The minimum absolute atomic E-state index is 0. The summed E-state index contributed by atoms with van der Waals surface area (Å²) in [6.45, 7) is 9.79. The van der Waals surface area contributed by atoms with E-state index in [-0.39, 0.29) is 24.0 Å². The Hall–Kier alpha value is -0.0400. The van der Waals surface area contributed by atoms with Gasteiger partial charge in [0.15, 0.2) is 5.96 Å². The molecule has 3 N–H and O–H groups in total. The van der Waals surface area contributed by atoms with Crippen LogP contribution in [-0.2, 0) is 0 Å². The van der Waals surface area contributed by atoms with Crippen molar-refractivity contribution in [2.24, 2.45) is 16.6 Å². The molecule has 1 fully saturated rings. The molecule has 1 heterocycles. The predicted molar refractivity (Wildman–Crippen MR) is 85.0 cm³/mol. The van der Waals surface area contributed by atoms with E-state index < -0.39 is 0 Å². The summed E-state index contributed by atoms with van der Waals surface area (Å²) in [4.78, 5) is 6.88. The highest BCUT2D eigenvalue weighted by molar-refractivity contribution is 14.0. The molecule has 4 nitrogen and oxygen atoms in total. The van der Waals surface area contributed by atoms with Gasteiger partial charge in [0.2, 0.25) is 0 Å². The maximum Gasteiger partial charge on any atom is 0.188 e. The topological polar surface area (TPSA) is 53.6 Å². The summed E-state index contributed by atoms with van der Waals surface area (Å²) in [7, 11) is 0. The molecule has 0 aromatic carbocycles. The molecule has 102 valence electrons. The summed E-state index contributed by atoms with van der Waals surface area (Å²) in [5, 5.41) is 3.10. The fraction of sp³-hybridized carbons (Fsp3) is 0.917. The van der Waals surface area contributed by atoms with Crippen molar-refractivity contribution in [2.45, 2.75) is 33.1 Å². The Labute approximate surface area is 122 Å². The molecule has 0 bridgehead atoms. The lowest BCUT2D eigenvalue weighted by atomic mass is 10.2. The molecule has 0 radical (unpaired) electrons. The number of nitrogens with zero attached hydrogens (tertiary/aromatic N) is 2. The zero-order valence-electron chi connectivity index (χ0n) is 11.1. The second-order valence-electron chi connectivity index (χ2n) is 4.77. The zero-order valence-corrected chi connectivity index (χ0v) is 13.4. The molecule has 0 aromatic heterocycles. The molecule has 1 atom stereocenters. The predicted octanol–water partition coefficient (Wildman–Crippen LogP) is 1.65. The molecule has 1 saturated heterocycles. The molecule has 1 aliphatic rings. The number of guanidine groups is 1. The Morgan fingerprint density at radius 2 is 2.06 bits per heavy atom. The summed E-state index contributed by atoms with van der Waals surface area (Å²) in [5.74, 6) is 1.19. The molecular weight excluding hydrogens is 327 g/mol. The van der Waals surface area contributed by atoms with Gasteiger partial charge in [-0.1, -0.05) is 13.8 Å². The summed E-state index contributed by atoms with van der Waals surface area (Å²) in [6.07, 6.45) is 3.80. The lowest BCUT2D eigenvalue weighted by Crippen LogP contribution is -2.33. The van der Waals surface area contributed by atoms with E-state index in [0.717, 1.165) is 26.1 Å². The van der Waals surface area contributed by atoms with E-state index in [2.05, 4.69) is 29.1 Å². The van der Waals surface area contributed by atoms with E-state index in [1.165, 1.54) is 25.9 Å². The third-order valence-electron chi connectivity index (χ3n) is 2.90. The van der Waals surface area contributed by atoms with Crippen LogP contribution in [0.2, 0.25) is 0 Å². The summed E-state index contributed by atoms with van der Waals surface area (Å²) < 4.78 is 0. The average molecular weight is 354 g/mol. The van der Waals surface area contributed by atoms with Crippen molar-refractivity contribution in [1.29, 1.82) is 0 Å². The smallest absolute Gasteiger partial charge is 0.188 e. The molecule has 0 saturated carbocycles. The highest BCUT2D eigenvalue weighted by atomic mass is 127. The van der Waals surface area contributed by atoms with Crippen LogP contribution in [0.15, 0.2) is 4.99 Å². The third-order valence-corrected chi connectivity index (χ3v) is 2.90. The van der Waals surface area contributed by atoms with E-state index in [0.29, 0.717) is 11.9 Å². The first-order valence-corrected chi connectivity index (χ1v) is 6.48. The molecule has 1 unspecified atom stereocenters. The van der Waals surface area contributed by atoms with Gasteiger partial charge >= 0.3 is 0 Å². The van der Waals surface area contributed by atoms with Crippen molar-refractivity contribution < 1.29 is 0 Å². The Bertz CT molecular complexity index is 215. The number of nitrogens with two attached hydrogens (primary N) is 1. The van der Waals surface area contributed by atoms with Gasteiger partial charge in [-0.2, -0.15) is 0 Å². The van der Waals surface area contributed by atoms with Crippen molar-refractivity contribution in [1.82, 2.24) is 10.2 Å². The van der Waals surface area contributed by atoms with Gasteiger partial charge in [0.05, 0.1) is 0 Å². The van der Waals surface area contributed by atoms with Gasteiger partial charge in [-0.15, -0.1) is 24.0 Å². The van der Waals surface area contributed by atoms with E-state index in [9.17, 15) is 0 Å². The van der Waals surface area contributed by atoms with Gasteiger partial charge in [-0.25, -0.2) is 0 Å².